The molecule has 2 aliphatic rings. The van der Waals surface area contributed by atoms with Gasteiger partial charge in [0.1, 0.15) is 11.9 Å². The van der Waals surface area contributed by atoms with Gasteiger partial charge >= 0.3 is 0 Å². The summed E-state index contributed by atoms with van der Waals surface area (Å²) >= 11 is 1.71. The minimum Gasteiger partial charge on any atom is -0.335 e. The van der Waals surface area contributed by atoms with Crippen LogP contribution >= 0.6 is 11.8 Å². The summed E-state index contributed by atoms with van der Waals surface area (Å²) in [4.78, 5) is 4.78. The quantitative estimate of drug-likeness (QED) is 0.853. The molecule has 1 heterocycles. The van der Waals surface area contributed by atoms with E-state index >= 15 is 0 Å². The molecule has 1 spiro atoms. The number of halogens is 1. The molecule has 3 rings (SSSR count). The van der Waals surface area contributed by atoms with Crippen LogP contribution in [0, 0.1) is 17.1 Å². The molecular weight excluding hydrogens is 261 g/mol. The highest BCUT2D eigenvalue weighted by atomic mass is 32.2. The van der Waals surface area contributed by atoms with Crippen LogP contribution in [0.4, 0.5) is 10.1 Å². The van der Waals surface area contributed by atoms with E-state index in [1.807, 2.05) is 6.07 Å². The lowest BCUT2D eigenvalue weighted by Crippen LogP contribution is -2.21. The predicted molar refractivity (Wildman–Crippen MR) is 75.8 cm³/mol. The average Bonchev–Trinajstić information content (AvgIpc) is 3.03. The van der Waals surface area contributed by atoms with E-state index in [2.05, 4.69) is 5.32 Å². The lowest BCUT2D eigenvalue weighted by atomic mass is 10.0. The average molecular weight is 275 g/mol. The Kier molecular flexibility index (Phi) is 3.19. The van der Waals surface area contributed by atoms with Crippen molar-refractivity contribution in [2.24, 2.45) is 4.99 Å². The summed E-state index contributed by atoms with van der Waals surface area (Å²) < 4.78 is 13.2. The highest BCUT2D eigenvalue weighted by Crippen LogP contribution is 2.41. The van der Waals surface area contributed by atoms with Crippen LogP contribution in [0.1, 0.15) is 31.2 Å². The number of amidine groups is 1. The normalized spacial score (nSPS) is 20.3. The van der Waals surface area contributed by atoms with Crippen molar-refractivity contribution in [3.05, 3.63) is 29.6 Å². The van der Waals surface area contributed by atoms with E-state index in [0.717, 1.165) is 29.4 Å². The van der Waals surface area contributed by atoms with E-state index in [1.54, 1.807) is 17.8 Å². The van der Waals surface area contributed by atoms with Crippen LogP contribution in [-0.2, 0) is 0 Å². The number of thioether (sulfide) groups is 1. The summed E-state index contributed by atoms with van der Waals surface area (Å²) in [6, 6.07) is 6.32. The number of nitrogens with zero attached hydrogens (tertiary/aromatic N) is 2. The molecule has 98 valence electrons. The molecule has 3 nitrogen and oxygen atoms in total. The Morgan fingerprint density at radius 1 is 1.37 bits per heavy atom. The molecule has 0 saturated heterocycles. The molecule has 0 atom stereocenters. The van der Waals surface area contributed by atoms with Gasteiger partial charge in [0.25, 0.3) is 0 Å². The third kappa shape index (κ3) is 2.45. The first kappa shape index (κ1) is 12.5. The van der Waals surface area contributed by atoms with Crippen molar-refractivity contribution in [3.63, 3.8) is 0 Å². The van der Waals surface area contributed by atoms with Gasteiger partial charge in [0.05, 0.1) is 11.1 Å². The van der Waals surface area contributed by atoms with Gasteiger partial charge in [-0.15, -0.1) is 0 Å². The Morgan fingerprint density at radius 3 is 2.89 bits per heavy atom. The summed E-state index contributed by atoms with van der Waals surface area (Å²) in [6.45, 7) is 0. The second-order valence-corrected chi connectivity index (χ2v) is 6.03. The predicted octanol–water partition coefficient (Wildman–Crippen LogP) is 3.52. The van der Waals surface area contributed by atoms with Crippen molar-refractivity contribution < 1.29 is 4.39 Å². The molecule has 1 aliphatic heterocycles. The van der Waals surface area contributed by atoms with Crippen LogP contribution < -0.4 is 5.32 Å². The Hall–Kier alpha value is -1.54. The van der Waals surface area contributed by atoms with Crippen LogP contribution in [0.5, 0.6) is 0 Å². The number of benzene rings is 1. The molecule has 0 aromatic heterocycles. The fourth-order valence-corrected chi connectivity index (χ4v) is 3.85. The summed E-state index contributed by atoms with van der Waals surface area (Å²) in [5.41, 5.74) is 0.911. The topological polar surface area (TPSA) is 48.2 Å². The van der Waals surface area contributed by atoms with Crippen LogP contribution in [0.15, 0.2) is 23.2 Å². The van der Waals surface area contributed by atoms with Gasteiger partial charge in [0, 0.05) is 11.4 Å². The van der Waals surface area contributed by atoms with E-state index in [1.165, 1.54) is 25.0 Å². The fourth-order valence-electron chi connectivity index (χ4n) is 2.65. The standard InChI is InChI=1S/C14H14FN3S/c15-12-4-3-11(7-10(12)8-16)17-13-18-14(9-19-13)5-1-2-6-14/h3-4,7H,1-2,5-6,9H2,(H,17,18). The maximum Gasteiger partial charge on any atom is 0.161 e. The van der Waals surface area contributed by atoms with Gasteiger partial charge in [0.15, 0.2) is 5.17 Å². The van der Waals surface area contributed by atoms with Crippen molar-refractivity contribution in [1.29, 1.82) is 5.26 Å². The molecule has 0 amide bonds. The van der Waals surface area contributed by atoms with Gasteiger partial charge in [-0.1, -0.05) is 24.6 Å². The summed E-state index contributed by atoms with van der Waals surface area (Å²) in [5, 5.41) is 12.9. The van der Waals surface area contributed by atoms with Crippen LogP contribution in [0.3, 0.4) is 0 Å². The first-order chi connectivity index (χ1) is 9.21. The van der Waals surface area contributed by atoms with Crippen LogP contribution in [-0.4, -0.2) is 16.5 Å². The second kappa shape index (κ2) is 4.86. The molecule has 0 bridgehead atoms. The molecule has 0 unspecified atom stereocenters. The Balaban J connectivity index is 1.77. The molecular formula is C14H14FN3S. The molecule has 0 radical (unpaired) electrons. The highest BCUT2D eigenvalue weighted by Gasteiger charge is 2.38. The first-order valence-corrected chi connectivity index (χ1v) is 7.39. The van der Waals surface area contributed by atoms with Gasteiger partial charge in [-0.3, -0.25) is 4.99 Å². The van der Waals surface area contributed by atoms with Gasteiger partial charge in [-0.25, -0.2) is 4.39 Å². The smallest absolute Gasteiger partial charge is 0.161 e. The van der Waals surface area contributed by atoms with E-state index in [9.17, 15) is 4.39 Å². The Morgan fingerprint density at radius 2 is 2.16 bits per heavy atom. The first-order valence-electron chi connectivity index (χ1n) is 6.40. The van der Waals surface area contributed by atoms with Gasteiger partial charge in [-0.2, -0.15) is 5.26 Å². The molecule has 1 N–H and O–H groups in total. The molecule has 19 heavy (non-hydrogen) atoms. The zero-order valence-corrected chi connectivity index (χ0v) is 11.3. The van der Waals surface area contributed by atoms with Crippen LogP contribution in [0.25, 0.3) is 0 Å². The summed E-state index contributed by atoms with van der Waals surface area (Å²) in [5.74, 6) is 0.545. The number of hydrogen-bond acceptors (Lipinski definition) is 4. The largest absolute Gasteiger partial charge is 0.335 e. The number of rotatable bonds is 1. The zero-order valence-electron chi connectivity index (χ0n) is 10.4. The van der Waals surface area contributed by atoms with E-state index < -0.39 is 5.82 Å². The Bertz CT molecular complexity index is 571. The van der Waals surface area contributed by atoms with E-state index in [0.29, 0.717) is 0 Å². The monoisotopic (exact) mass is 275 g/mol. The van der Waals surface area contributed by atoms with Crippen molar-refractivity contribution >= 4 is 22.6 Å². The molecule has 1 fully saturated rings. The number of hydrogen-bond donors (Lipinski definition) is 1. The minimum atomic E-state index is -0.485. The zero-order chi connectivity index (χ0) is 13.3. The molecule has 5 heteroatoms. The SMILES string of the molecule is N#Cc1cc(NC2=NC3(CCCC3)CS2)ccc1F. The highest BCUT2D eigenvalue weighted by molar-refractivity contribution is 8.14. The van der Waals surface area contributed by atoms with Gasteiger partial charge in [-0.05, 0) is 31.0 Å². The van der Waals surface area contributed by atoms with Crippen molar-refractivity contribution in [1.82, 2.24) is 0 Å². The van der Waals surface area contributed by atoms with Crippen LogP contribution in [0.2, 0.25) is 0 Å². The molecule has 1 aromatic carbocycles. The fraction of sp³-hybridized carbons (Fsp3) is 0.429. The number of nitrogens with one attached hydrogen (secondary N) is 1. The van der Waals surface area contributed by atoms with E-state index in [-0.39, 0.29) is 11.1 Å². The van der Waals surface area contributed by atoms with Gasteiger partial charge < -0.3 is 5.32 Å². The second-order valence-electron chi connectivity index (χ2n) is 5.07. The molecule has 1 saturated carbocycles. The minimum absolute atomic E-state index is 0.0594. The lowest BCUT2D eigenvalue weighted by Gasteiger charge is -2.16. The summed E-state index contributed by atoms with van der Waals surface area (Å²) in [7, 11) is 0. The van der Waals surface area contributed by atoms with Crippen molar-refractivity contribution in [3.8, 4) is 6.07 Å². The van der Waals surface area contributed by atoms with Crippen molar-refractivity contribution in [2.75, 3.05) is 11.1 Å². The maximum absolute atomic E-state index is 13.2. The van der Waals surface area contributed by atoms with Crippen molar-refractivity contribution in [2.45, 2.75) is 31.2 Å². The molecule has 1 aliphatic carbocycles. The lowest BCUT2D eigenvalue weighted by molar-refractivity contribution is 0.508. The summed E-state index contributed by atoms with van der Waals surface area (Å²) in [6.07, 6.45) is 4.84. The third-order valence-corrected chi connectivity index (χ3v) is 4.84. The number of aliphatic imine (C=N–C) groups is 1. The third-order valence-electron chi connectivity index (χ3n) is 3.69. The maximum atomic E-state index is 13.2. The molecule has 1 aromatic rings. The number of anilines is 1. The van der Waals surface area contributed by atoms with Gasteiger partial charge in [0.2, 0.25) is 0 Å². The Labute approximate surface area is 115 Å². The number of nitriles is 1. The van der Waals surface area contributed by atoms with E-state index in [4.69, 9.17) is 10.3 Å².